The number of carbonyl (C=O) groups is 1. The van der Waals surface area contributed by atoms with E-state index in [4.69, 9.17) is 0 Å². The maximum Gasteiger partial charge on any atom is 0.220 e. The van der Waals surface area contributed by atoms with Crippen LogP contribution >= 0.6 is 0 Å². The van der Waals surface area contributed by atoms with E-state index in [9.17, 15) is 15.0 Å². The van der Waals surface area contributed by atoms with Crippen molar-refractivity contribution in [3.8, 4) is 0 Å². The Bertz CT molecular complexity index is 1170. The molecule has 4 heteroatoms. The van der Waals surface area contributed by atoms with E-state index < -0.39 is 12.1 Å². The van der Waals surface area contributed by atoms with Gasteiger partial charge in [-0.1, -0.05) is 292 Å². The van der Waals surface area contributed by atoms with Gasteiger partial charge >= 0.3 is 0 Å². The first-order valence-electron chi connectivity index (χ1n) is 30.2. The summed E-state index contributed by atoms with van der Waals surface area (Å²) in [6.45, 7) is 4.30. The lowest BCUT2D eigenvalue weighted by atomic mass is 10.0. The number of hydrogen-bond acceptors (Lipinski definition) is 3. The molecule has 0 aliphatic heterocycles. The molecule has 396 valence electrons. The number of amides is 1. The Labute approximate surface area is 425 Å². The molecule has 1 amide bonds. The zero-order valence-corrected chi connectivity index (χ0v) is 45.6. The van der Waals surface area contributed by atoms with E-state index in [0.29, 0.717) is 6.42 Å². The van der Waals surface area contributed by atoms with E-state index in [1.807, 2.05) is 6.08 Å². The molecule has 0 heterocycles. The molecule has 2 atom stereocenters. The number of carbonyl (C=O) groups excluding carboxylic acids is 1. The summed E-state index contributed by atoms with van der Waals surface area (Å²) in [6, 6.07) is -0.655. The second-order valence-corrected chi connectivity index (χ2v) is 20.4. The lowest BCUT2D eigenvalue weighted by Gasteiger charge is -2.19. The molecular formula is C64H117NO3. The maximum absolute atomic E-state index is 12.5. The molecule has 0 aliphatic carbocycles. The van der Waals surface area contributed by atoms with Gasteiger partial charge in [-0.25, -0.2) is 0 Å². The van der Waals surface area contributed by atoms with Crippen molar-refractivity contribution >= 4 is 5.91 Å². The molecule has 0 aromatic carbocycles. The van der Waals surface area contributed by atoms with Gasteiger partial charge < -0.3 is 15.5 Å². The van der Waals surface area contributed by atoms with E-state index in [1.54, 1.807) is 6.08 Å². The van der Waals surface area contributed by atoms with Gasteiger partial charge in [0, 0.05) is 6.42 Å². The van der Waals surface area contributed by atoms with Crippen molar-refractivity contribution in [2.75, 3.05) is 6.61 Å². The third-order valence-corrected chi connectivity index (χ3v) is 13.6. The molecule has 0 fully saturated rings. The zero-order valence-electron chi connectivity index (χ0n) is 45.6. The van der Waals surface area contributed by atoms with Crippen molar-refractivity contribution in [2.45, 2.75) is 321 Å². The van der Waals surface area contributed by atoms with Crippen LogP contribution in [0.3, 0.4) is 0 Å². The molecular weight excluding hydrogens is 831 g/mol. The average Bonchev–Trinajstić information content (AvgIpc) is 3.34. The summed E-state index contributed by atoms with van der Waals surface area (Å²) in [5.41, 5.74) is 0. The van der Waals surface area contributed by atoms with Crippen LogP contribution in [0.15, 0.2) is 72.9 Å². The Balaban J connectivity index is 3.56. The van der Waals surface area contributed by atoms with Gasteiger partial charge in [-0.2, -0.15) is 0 Å². The van der Waals surface area contributed by atoms with E-state index in [2.05, 4.69) is 79.9 Å². The second kappa shape index (κ2) is 59.1. The first-order valence-corrected chi connectivity index (χ1v) is 30.2. The van der Waals surface area contributed by atoms with Crippen molar-refractivity contribution in [3.63, 3.8) is 0 Å². The van der Waals surface area contributed by atoms with E-state index in [0.717, 1.165) is 57.8 Å². The Hall–Kier alpha value is -2.17. The van der Waals surface area contributed by atoms with Crippen molar-refractivity contribution < 1.29 is 15.0 Å². The van der Waals surface area contributed by atoms with Crippen LogP contribution in [0.4, 0.5) is 0 Å². The standard InChI is InChI=1S/C64H117NO3/c1-3-5-7-9-11-13-15-17-19-21-23-25-27-28-29-30-31-32-33-34-35-36-38-39-41-43-45-47-49-51-53-55-57-59-63(67)62(61-66)65-64(68)60-58-56-54-52-50-48-46-44-42-40-37-26-24-22-20-18-16-14-12-10-8-6-4-2/h16,18,22,24,37,40-41,43,49,51,57,59,62-63,66-67H,3-15,17,19-21,23,25-36,38-39,42,44-48,50,52-56,58,60-61H2,1-2H3,(H,65,68)/b18-16-,24-22-,40-37-,43-41+,51-49+,59-57+. The Kier molecular flexibility index (Phi) is 57.3. The minimum atomic E-state index is -0.879. The predicted molar refractivity (Wildman–Crippen MR) is 304 cm³/mol. The summed E-state index contributed by atoms with van der Waals surface area (Å²) >= 11 is 0. The van der Waals surface area contributed by atoms with Gasteiger partial charge in [-0.15, -0.1) is 0 Å². The quantitative estimate of drug-likeness (QED) is 0.0420. The van der Waals surface area contributed by atoms with Gasteiger partial charge in [0.25, 0.3) is 0 Å². The zero-order chi connectivity index (χ0) is 49.2. The molecule has 0 aromatic rings. The molecule has 0 radical (unpaired) electrons. The number of allylic oxidation sites excluding steroid dienone is 11. The van der Waals surface area contributed by atoms with Gasteiger partial charge in [0.15, 0.2) is 0 Å². The number of hydrogen-bond donors (Lipinski definition) is 3. The Morgan fingerprint density at radius 1 is 0.353 bits per heavy atom. The fourth-order valence-corrected chi connectivity index (χ4v) is 9.04. The van der Waals surface area contributed by atoms with Crippen LogP contribution in [0, 0.1) is 0 Å². The van der Waals surface area contributed by atoms with Crippen LogP contribution in [-0.4, -0.2) is 34.9 Å². The molecule has 2 unspecified atom stereocenters. The van der Waals surface area contributed by atoms with Gasteiger partial charge in [0.2, 0.25) is 5.91 Å². The molecule has 68 heavy (non-hydrogen) atoms. The fraction of sp³-hybridized carbons (Fsp3) is 0.797. The van der Waals surface area contributed by atoms with Gasteiger partial charge in [0.05, 0.1) is 18.8 Å². The summed E-state index contributed by atoms with van der Waals surface area (Å²) in [4.78, 5) is 12.5. The van der Waals surface area contributed by atoms with Crippen molar-refractivity contribution in [2.24, 2.45) is 0 Å². The number of rotatable bonds is 55. The smallest absolute Gasteiger partial charge is 0.220 e. The fourth-order valence-electron chi connectivity index (χ4n) is 9.04. The highest BCUT2D eigenvalue weighted by Gasteiger charge is 2.18. The summed E-state index contributed by atoms with van der Waals surface area (Å²) in [6.07, 6.45) is 85.1. The Morgan fingerprint density at radius 2 is 0.618 bits per heavy atom. The molecule has 0 bridgehead atoms. The highest BCUT2D eigenvalue weighted by molar-refractivity contribution is 5.76. The first-order chi connectivity index (χ1) is 33.7. The molecule has 0 aliphatic rings. The van der Waals surface area contributed by atoms with Crippen LogP contribution < -0.4 is 5.32 Å². The van der Waals surface area contributed by atoms with Crippen molar-refractivity contribution in [1.82, 2.24) is 5.32 Å². The van der Waals surface area contributed by atoms with E-state index >= 15 is 0 Å². The van der Waals surface area contributed by atoms with Crippen molar-refractivity contribution in [1.29, 1.82) is 0 Å². The number of nitrogens with one attached hydrogen (secondary N) is 1. The maximum atomic E-state index is 12.5. The Morgan fingerprint density at radius 3 is 0.956 bits per heavy atom. The third-order valence-electron chi connectivity index (χ3n) is 13.6. The summed E-state index contributed by atoms with van der Waals surface area (Å²) in [7, 11) is 0. The highest BCUT2D eigenvalue weighted by Crippen LogP contribution is 2.17. The molecule has 0 aromatic heterocycles. The van der Waals surface area contributed by atoms with E-state index in [1.165, 1.54) is 231 Å². The molecule has 0 rings (SSSR count). The highest BCUT2D eigenvalue weighted by atomic mass is 16.3. The lowest BCUT2D eigenvalue weighted by Crippen LogP contribution is -2.45. The SMILES string of the molecule is CCCCCCC/C=C\C/C=C\C/C=C\CCCCCCCCCCC(=O)NC(CO)C(O)/C=C/CC/C=C/CC/C=C/CCCCCCCCCCCCCCCCCCCCCCCCC. The summed E-state index contributed by atoms with van der Waals surface area (Å²) in [5.74, 6) is -0.0847. The minimum Gasteiger partial charge on any atom is -0.394 e. The second-order valence-electron chi connectivity index (χ2n) is 20.4. The van der Waals surface area contributed by atoms with Gasteiger partial charge in [-0.05, 0) is 83.5 Å². The molecule has 4 nitrogen and oxygen atoms in total. The van der Waals surface area contributed by atoms with Crippen LogP contribution in [0.25, 0.3) is 0 Å². The van der Waals surface area contributed by atoms with Crippen LogP contribution in [0.1, 0.15) is 309 Å². The average molecular weight is 949 g/mol. The van der Waals surface area contributed by atoms with Crippen LogP contribution in [0.5, 0.6) is 0 Å². The predicted octanol–water partition coefficient (Wildman–Crippen LogP) is 20.1. The van der Waals surface area contributed by atoms with E-state index in [-0.39, 0.29) is 12.5 Å². The lowest BCUT2D eigenvalue weighted by molar-refractivity contribution is -0.123. The number of aliphatic hydroxyl groups excluding tert-OH is 2. The monoisotopic (exact) mass is 948 g/mol. The summed E-state index contributed by atoms with van der Waals surface area (Å²) < 4.78 is 0. The molecule has 0 spiro atoms. The van der Waals surface area contributed by atoms with Gasteiger partial charge in [-0.3, -0.25) is 4.79 Å². The van der Waals surface area contributed by atoms with Crippen LogP contribution in [0.2, 0.25) is 0 Å². The third kappa shape index (κ3) is 54.8. The summed E-state index contributed by atoms with van der Waals surface area (Å²) in [5, 5.41) is 23.2. The number of aliphatic hydroxyl groups is 2. The number of unbranched alkanes of at least 4 members (excludes halogenated alkanes) is 38. The van der Waals surface area contributed by atoms with Crippen molar-refractivity contribution in [3.05, 3.63) is 72.9 Å². The van der Waals surface area contributed by atoms with Gasteiger partial charge in [0.1, 0.15) is 0 Å². The molecule has 3 N–H and O–H groups in total. The largest absolute Gasteiger partial charge is 0.394 e. The normalized spacial score (nSPS) is 13.3. The topological polar surface area (TPSA) is 69.6 Å². The first kappa shape index (κ1) is 65.8. The molecule has 0 saturated heterocycles. The minimum absolute atomic E-state index is 0.0847. The van der Waals surface area contributed by atoms with Crippen LogP contribution in [-0.2, 0) is 4.79 Å². The molecule has 0 saturated carbocycles.